The summed E-state index contributed by atoms with van der Waals surface area (Å²) in [6.45, 7) is 0.718. The van der Waals surface area contributed by atoms with Gasteiger partial charge in [0, 0.05) is 36.9 Å². The molecule has 25 heavy (non-hydrogen) atoms. The van der Waals surface area contributed by atoms with Crippen molar-refractivity contribution in [3.8, 4) is 17.5 Å². The second kappa shape index (κ2) is 8.16. The predicted octanol–water partition coefficient (Wildman–Crippen LogP) is 2.21. The van der Waals surface area contributed by atoms with Crippen LogP contribution in [0.1, 0.15) is 11.1 Å². The van der Waals surface area contributed by atoms with E-state index < -0.39 is 10.4 Å². The first-order valence-electron chi connectivity index (χ1n) is 6.97. The Kier molecular flexibility index (Phi) is 5.97. The molecular weight excluding hydrogens is 344 g/mol. The van der Waals surface area contributed by atoms with Crippen molar-refractivity contribution in [1.82, 2.24) is 14.5 Å². The van der Waals surface area contributed by atoms with Crippen LogP contribution < -0.4 is 0 Å². The van der Waals surface area contributed by atoms with E-state index in [4.69, 9.17) is 22.8 Å². The third-order valence-electron chi connectivity index (χ3n) is 3.07. The molecular formula is C16H14N4O4S. The topological polar surface area (TPSA) is 129 Å². The highest BCUT2D eigenvalue weighted by Gasteiger charge is 2.06. The minimum absolute atomic E-state index is 0.673. The summed E-state index contributed by atoms with van der Waals surface area (Å²) in [6, 6.07) is 13.6. The monoisotopic (exact) mass is 358 g/mol. The molecule has 0 saturated carbocycles. The van der Waals surface area contributed by atoms with Crippen LogP contribution in [0.15, 0.2) is 61.2 Å². The lowest BCUT2D eigenvalue weighted by Gasteiger charge is -2.08. The number of aromatic nitrogens is 3. The van der Waals surface area contributed by atoms with Crippen LogP contribution in [0.25, 0.3) is 11.4 Å². The van der Waals surface area contributed by atoms with Crippen LogP contribution in [0.2, 0.25) is 0 Å². The average Bonchev–Trinajstić information content (AvgIpc) is 3.03. The van der Waals surface area contributed by atoms with Gasteiger partial charge in [-0.15, -0.1) is 0 Å². The molecule has 2 aromatic heterocycles. The molecule has 3 rings (SSSR count). The molecule has 1 aromatic carbocycles. The van der Waals surface area contributed by atoms with Crippen LogP contribution in [0.5, 0.6) is 0 Å². The molecule has 0 fully saturated rings. The van der Waals surface area contributed by atoms with Crippen LogP contribution in [0.4, 0.5) is 0 Å². The van der Waals surface area contributed by atoms with Crippen LogP contribution in [0.3, 0.4) is 0 Å². The number of benzene rings is 1. The lowest BCUT2D eigenvalue weighted by Crippen LogP contribution is -2.01. The van der Waals surface area contributed by atoms with E-state index in [-0.39, 0.29) is 0 Å². The summed E-state index contributed by atoms with van der Waals surface area (Å²) in [5, 5.41) is 8.81. The van der Waals surface area contributed by atoms with Crippen molar-refractivity contribution in [2.45, 2.75) is 6.54 Å². The van der Waals surface area contributed by atoms with Gasteiger partial charge >= 0.3 is 10.4 Å². The highest BCUT2D eigenvalue weighted by molar-refractivity contribution is 7.79. The highest BCUT2D eigenvalue weighted by atomic mass is 32.3. The molecule has 9 heteroatoms. The first kappa shape index (κ1) is 18.3. The zero-order valence-electron chi connectivity index (χ0n) is 12.9. The van der Waals surface area contributed by atoms with Gasteiger partial charge in [0.25, 0.3) is 0 Å². The fraction of sp³-hybridized carbons (Fsp3) is 0.0625. The molecule has 2 heterocycles. The van der Waals surface area contributed by atoms with Crippen LogP contribution in [-0.4, -0.2) is 32.1 Å². The van der Waals surface area contributed by atoms with Gasteiger partial charge in [0.1, 0.15) is 5.82 Å². The second-order valence-electron chi connectivity index (χ2n) is 4.88. The molecule has 0 aliphatic rings. The summed E-state index contributed by atoms with van der Waals surface area (Å²) in [7, 11) is -4.67. The third kappa shape index (κ3) is 6.15. The molecule has 8 nitrogen and oxygen atoms in total. The van der Waals surface area contributed by atoms with Crippen molar-refractivity contribution in [3.63, 3.8) is 0 Å². The smallest absolute Gasteiger partial charge is 0.327 e. The second-order valence-corrected chi connectivity index (χ2v) is 5.77. The SMILES string of the molecule is N#Cc1ccc(Cn2ccnc2-c2cccnc2)cc1.O=S(=O)(O)O. The number of rotatable bonds is 3. The predicted molar refractivity (Wildman–Crippen MR) is 89.9 cm³/mol. The first-order chi connectivity index (χ1) is 11.9. The fourth-order valence-corrected chi connectivity index (χ4v) is 2.07. The first-order valence-corrected chi connectivity index (χ1v) is 8.37. The summed E-state index contributed by atoms with van der Waals surface area (Å²) in [6.07, 6.45) is 7.28. The Hall–Kier alpha value is -3.06. The Bertz CT molecular complexity index is 953. The minimum Gasteiger partial charge on any atom is -0.327 e. The lowest BCUT2D eigenvalue weighted by molar-refractivity contribution is 0.381. The quantitative estimate of drug-likeness (QED) is 0.687. The molecule has 2 N–H and O–H groups in total. The van der Waals surface area contributed by atoms with Crippen LogP contribution in [-0.2, 0) is 16.9 Å². The summed E-state index contributed by atoms with van der Waals surface area (Å²) < 4.78 is 33.7. The average molecular weight is 358 g/mol. The standard InChI is InChI=1S/C16H12N4.H2O4S/c17-10-13-3-5-14(6-4-13)12-20-9-8-19-16(20)15-2-1-7-18-11-15;1-5(2,3)4/h1-9,11H,12H2;(H2,1,2,3,4). The van der Waals surface area contributed by atoms with E-state index in [1.165, 1.54) is 0 Å². The molecule has 0 aliphatic heterocycles. The van der Waals surface area contributed by atoms with Gasteiger partial charge in [-0.05, 0) is 29.8 Å². The molecule has 3 aromatic rings. The van der Waals surface area contributed by atoms with Crippen molar-refractivity contribution >= 4 is 10.4 Å². The number of nitrogens with zero attached hydrogens (tertiary/aromatic N) is 4. The van der Waals surface area contributed by atoms with Crippen molar-refractivity contribution < 1.29 is 17.5 Å². The van der Waals surface area contributed by atoms with Gasteiger partial charge in [0.2, 0.25) is 0 Å². The van der Waals surface area contributed by atoms with E-state index in [0.29, 0.717) is 5.56 Å². The number of pyridine rings is 1. The Morgan fingerprint density at radius 3 is 2.36 bits per heavy atom. The van der Waals surface area contributed by atoms with E-state index in [9.17, 15) is 0 Å². The van der Waals surface area contributed by atoms with E-state index in [1.54, 1.807) is 18.6 Å². The summed E-state index contributed by atoms with van der Waals surface area (Å²) >= 11 is 0. The zero-order chi connectivity index (χ0) is 18.3. The van der Waals surface area contributed by atoms with Gasteiger partial charge in [-0.1, -0.05) is 12.1 Å². The van der Waals surface area contributed by atoms with Crippen molar-refractivity contribution in [2.75, 3.05) is 0 Å². The van der Waals surface area contributed by atoms with Crippen LogP contribution in [0, 0.1) is 11.3 Å². The Labute approximate surface area is 144 Å². The Morgan fingerprint density at radius 1 is 1.12 bits per heavy atom. The van der Waals surface area contributed by atoms with Gasteiger partial charge in [-0.2, -0.15) is 13.7 Å². The largest absolute Gasteiger partial charge is 0.394 e. The van der Waals surface area contributed by atoms with Crippen LogP contribution >= 0.6 is 0 Å². The molecule has 0 aliphatic carbocycles. The third-order valence-corrected chi connectivity index (χ3v) is 3.07. The minimum atomic E-state index is -4.67. The molecule has 0 bridgehead atoms. The Morgan fingerprint density at radius 2 is 1.80 bits per heavy atom. The number of hydrogen-bond donors (Lipinski definition) is 2. The van der Waals surface area contributed by atoms with E-state index >= 15 is 0 Å². The van der Waals surface area contributed by atoms with E-state index in [0.717, 1.165) is 23.5 Å². The maximum atomic E-state index is 8.81. The summed E-state index contributed by atoms with van der Waals surface area (Å²) in [4.78, 5) is 8.51. The lowest BCUT2D eigenvalue weighted by atomic mass is 10.1. The highest BCUT2D eigenvalue weighted by Crippen LogP contribution is 2.17. The van der Waals surface area contributed by atoms with Gasteiger partial charge in [0.15, 0.2) is 0 Å². The summed E-state index contributed by atoms with van der Waals surface area (Å²) in [5.41, 5.74) is 2.80. The number of imidazole rings is 1. The molecule has 0 atom stereocenters. The normalized spacial score (nSPS) is 10.4. The molecule has 0 saturated heterocycles. The molecule has 128 valence electrons. The van der Waals surface area contributed by atoms with Gasteiger partial charge in [-0.25, -0.2) is 4.98 Å². The number of hydrogen-bond acceptors (Lipinski definition) is 5. The van der Waals surface area contributed by atoms with Gasteiger partial charge < -0.3 is 4.57 Å². The Balaban J connectivity index is 0.000000399. The van der Waals surface area contributed by atoms with Crippen molar-refractivity contribution in [2.24, 2.45) is 0 Å². The summed E-state index contributed by atoms with van der Waals surface area (Å²) in [5.74, 6) is 0.891. The van der Waals surface area contributed by atoms with Gasteiger partial charge in [0.05, 0.1) is 11.6 Å². The van der Waals surface area contributed by atoms with E-state index in [2.05, 4.69) is 20.6 Å². The maximum absolute atomic E-state index is 8.81. The molecule has 0 radical (unpaired) electrons. The van der Waals surface area contributed by atoms with E-state index in [1.807, 2.05) is 42.6 Å². The molecule has 0 unspecified atom stereocenters. The van der Waals surface area contributed by atoms with Crippen molar-refractivity contribution in [1.29, 1.82) is 5.26 Å². The number of nitriles is 1. The molecule has 0 amide bonds. The molecule has 0 spiro atoms. The van der Waals surface area contributed by atoms with Gasteiger partial charge in [-0.3, -0.25) is 14.1 Å². The van der Waals surface area contributed by atoms with Crippen molar-refractivity contribution in [3.05, 3.63) is 72.3 Å². The fourth-order valence-electron chi connectivity index (χ4n) is 2.07. The zero-order valence-corrected chi connectivity index (χ0v) is 13.7. The maximum Gasteiger partial charge on any atom is 0.394 e.